The number of urea groups is 1. The first-order valence-electron chi connectivity index (χ1n) is 8.71. The van der Waals surface area contributed by atoms with E-state index in [2.05, 4.69) is 15.6 Å². The molecule has 5 nitrogen and oxygen atoms in total. The molecule has 0 spiro atoms. The molecule has 1 heterocycles. The normalized spacial score (nSPS) is 10.6. The summed E-state index contributed by atoms with van der Waals surface area (Å²) in [6, 6.07) is 20.7. The number of aromatic nitrogens is 1. The highest BCUT2D eigenvalue weighted by Crippen LogP contribution is 2.26. The summed E-state index contributed by atoms with van der Waals surface area (Å²) < 4.78 is 18.4. The molecule has 4 aromatic rings. The Balaban J connectivity index is 1.44. The fourth-order valence-electron chi connectivity index (χ4n) is 2.96. The van der Waals surface area contributed by atoms with Crippen molar-refractivity contribution in [2.24, 2.45) is 0 Å². The number of hydrogen-bond acceptors (Lipinski definition) is 2. The van der Waals surface area contributed by atoms with Crippen molar-refractivity contribution in [3.05, 3.63) is 78.6 Å². The van der Waals surface area contributed by atoms with Crippen molar-refractivity contribution in [3.8, 4) is 17.0 Å². The minimum absolute atomic E-state index is 0.263. The number of amides is 2. The largest absolute Gasteiger partial charge is 0.497 e. The van der Waals surface area contributed by atoms with Gasteiger partial charge in [0.1, 0.15) is 11.6 Å². The molecule has 0 fully saturated rings. The number of fused-ring (bicyclic) bond motifs is 1. The van der Waals surface area contributed by atoms with E-state index in [0.29, 0.717) is 11.4 Å². The maximum absolute atomic E-state index is 13.4. The van der Waals surface area contributed by atoms with E-state index in [0.717, 1.165) is 27.9 Å². The van der Waals surface area contributed by atoms with Crippen molar-refractivity contribution >= 4 is 28.3 Å². The number of anilines is 2. The van der Waals surface area contributed by atoms with E-state index >= 15 is 0 Å². The lowest BCUT2D eigenvalue weighted by Crippen LogP contribution is -2.19. The number of carbonyl (C=O) groups is 1. The lowest BCUT2D eigenvalue weighted by Gasteiger charge is -2.09. The molecule has 2 amide bonds. The van der Waals surface area contributed by atoms with Gasteiger partial charge in [0, 0.05) is 28.0 Å². The first-order chi connectivity index (χ1) is 13.6. The van der Waals surface area contributed by atoms with Crippen LogP contribution in [0.5, 0.6) is 5.75 Å². The van der Waals surface area contributed by atoms with Gasteiger partial charge in [-0.3, -0.25) is 0 Å². The smallest absolute Gasteiger partial charge is 0.323 e. The molecule has 3 aromatic carbocycles. The van der Waals surface area contributed by atoms with E-state index < -0.39 is 0 Å². The third-order valence-electron chi connectivity index (χ3n) is 4.38. The zero-order valence-corrected chi connectivity index (χ0v) is 15.1. The lowest BCUT2D eigenvalue weighted by atomic mass is 10.1. The van der Waals surface area contributed by atoms with Gasteiger partial charge >= 0.3 is 6.03 Å². The van der Waals surface area contributed by atoms with Gasteiger partial charge in [-0.15, -0.1) is 0 Å². The van der Waals surface area contributed by atoms with Crippen LogP contribution in [0.15, 0.2) is 72.8 Å². The summed E-state index contributed by atoms with van der Waals surface area (Å²) in [5, 5.41) is 6.37. The number of ether oxygens (including phenoxy) is 1. The third-order valence-corrected chi connectivity index (χ3v) is 4.38. The molecule has 0 unspecified atom stereocenters. The molecule has 4 rings (SSSR count). The standard InChI is InChI=1S/C22H18FN3O2/c1-28-19-9-7-18(8-10-19)25-22(27)24-17-5-2-14(3-6-17)21-13-15-12-16(23)4-11-20(15)26-21/h2-13,26H,1H3,(H2,24,25,27). The second kappa shape index (κ2) is 7.44. The van der Waals surface area contributed by atoms with Crippen LogP contribution in [0.2, 0.25) is 0 Å². The zero-order chi connectivity index (χ0) is 19.5. The van der Waals surface area contributed by atoms with Crippen molar-refractivity contribution < 1.29 is 13.9 Å². The van der Waals surface area contributed by atoms with Crippen LogP contribution in [-0.4, -0.2) is 18.1 Å². The molecule has 0 saturated heterocycles. The summed E-state index contributed by atoms with van der Waals surface area (Å²) in [7, 11) is 1.59. The quantitative estimate of drug-likeness (QED) is 0.433. The number of benzene rings is 3. The zero-order valence-electron chi connectivity index (χ0n) is 15.1. The second-order valence-corrected chi connectivity index (χ2v) is 6.30. The number of H-pyrrole nitrogens is 1. The van der Waals surface area contributed by atoms with E-state index in [1.165, 1.54) is 12.1 Å². The van der Waals surface area contributed by atoms with Crippen LogP contribution in [0.3, 0.4) is 0 Å². The predicted molar refractivity (Wildman–Crippen MR) is 109 cm³/mol. The van der Waals surface area contributed by atoms with Crippen LogP contribution in [0.1, 0.15) is 0 Å². The maximum atomic E-state index is 13.4. The molecule has 140 valence electrons. The van der Waals surface area contributed by atoms with Gasteiger partial charge < -0.3 is 20.4 Å². The van der Waals surface area contributed by atoms with Gasteiger partial charge in [-0.2, -0.15) is 0 Å². The summed E-state index contributed by atoms with van der Waals surface area (Å²) in [4.78, 5) is 15.4. The number of hydrogen-bond donors (Lipinski definition) is 3. The third kappa shape index (κ3) is 3.81. The fraction of sp³-hybridized carbons (Fsp3) is 0.0455. The van der Waals surface area contributed by atoms with Crippen LogP contribution in [0.25, 0.3) is 22.2 Å². The van der Waals surface area contributed by atoms with Crippen molar-refractivity contribution in [3.63, 3.8) is 0 Å². The number of rotatable bonds is 4. The lowest BCUT2D eigenvalue weighted by molar-refractivity contribution is 0.262. The first-order valence-corrected chi connectivity index (χ1v) is 8.71. The Morgan fingerprint density at radius 3 is 2.18 bits per heavy atom. The molecule has 3 N–H and O–H groups in total. The number of aromatic amines is 1. The minimum atomic E-state index is -0.334. The predicted octanol–water partition coefficient (Wildman–Crippen LogP) is 5.63. The topological polar surface area (TPSA) is 66.2 Å². The molecule has 0 bridgehead atoms. The summed E-state index contributed by atoms with van der Waals surface area (Å²) in [6.07, 6.45) is 0. The van der Waals surface area contributed by atoms with Crippen LogP contribution in [0.4, 0.5) is 20.6 Å². The summed E-state index contributed by atoms with van der Waals surface area (Å²) >= 11 is 0. The first kappa shape index (κ1) is 17.6. The van der Waals surface area contributed by atoms with E-state index in [4.69, 9.17) is 4.74 Å². The highest BCUT2D eigenvalue weighted by molar-refractivity contribution is 6.00. The van der Waals surface area contributed by atoms with Crippen molar-refractivity contribution in [2.45, 2.75) is 0 Å². The van der Waals surface area contributed by atoms with Crippen molar-refractivity contribution in [1.82, 2.24) is 4.98 Å². The van der Waals surface area contributed by atoms with Gasteiger partial charge in [0.2, 0.25) is 0 Å². The Morgan fingerprint density at radius 2 is 1.54 bits per heavy atom. The van der Waals surface area contributed by atoms with Gasteiger partial charge in [0.15, 0.2) is 0 Å². The SMILES string of the molecule is COc1ccc(NC(=O)Nc2ccc(-c3cc4cc(F)ccc4[nH]3)cc2)cc1. The molecule has 0 aliphatic heterocycles. The summed E-state index contributed by atoms with van der Waals surface area (Å²) in [5.74, 6) is 0.460. The number of carbonyl (C=O) groups excluding carboxylic acids is 1. The Labute approximate surface area is 161 Å². The highest BCUT2D eigenvalue weighted by atomic mass is 19.1. The van der Waals surface area contributed by atoms with E-state index in [1.807, 2.05) is 30.3 Å². The van der Waals surface area contributed by atoms with Gasteiger partial charge in [0.25, 0.3) is 0 Å². The van der Waals surface area contributed by atoms with Crippen molar-refractivity contribution in [2.75, 3.05) is 17.7 Å². The maximum Gasteiger partial charge on any atom is 0.323 e. The molecule has 0 saturated carbocycles. The molecule has 0 radical (unpaired) electrons. The molecule has 6 heteroatoms. The monoisotopic (exact) mass is 375 g/mol. The second-order valence-electron chi connectivity index (χ2n) is 6.30. The fourth-order valence-corrected chi connectivity index (χ4v) is 2.96. The van der Waals surface area contributed by atoms with E-state index in [1.54, 1.807) is 37.4 Å². The summed E-state index contributed by atoms with van der Waals surface area (Å²) in [6.45, 7) is 0. The van der Waals surface area contributed by atoms with Crippen LogP contribution >= 0.6 is 0 Å². The highest BCUT2D eigenvalue weighted by Gasteiger charge is 2.06. The van der Waals surface area contributed by atoms with Crippen LogP contribution < -0.4 is 15.4 Å². The molecule has 0 aliphatic rings. The number of halogens is 1. The van der Waals surface area contributed by atoms with Gasteiger partial charge in [-0.1, -0.05) is 12.1 Å². The average Bonchev–Trinajstić information content (AvgIpc) is 3.12. The molecule has 1 aromatic heterocycles. The molecule has 28 heavy (non-hydrogen) atoms. The van der Waals surface area contributed by atoms with Gasteiger partial charge in [-0.25, -0.2) is 9.18 Å². The van der Waals surface area contributed by atoms with E-state index in [-0.39, 0.29) is 11.8 Å². The van der Waals surface area contributed by atoms with Crippen molar-refractivity contribution in [1.29, 1.82) is 0 Å². The molecular formula is C22H18FN3O2. The Bertz CT molecular complexity index is 1120. The Kier molecular flexibility index (Phi) is 4.68. The molecule has 0 atom stereocenters. The minimum Gasteiger partial charge on any atom is -0.497 e. The summed E-state index contributed by atoms with van der Waals surface area (Å²) in [5.41, 5.74) is 4.03. The average molecular weight is 375 g/mol. The number of nitrogens with one attached hydrogen (secondary N) is 3. The van der Waals surface area contributed by atoms with Gasteiger partial charge in [-0.05, 0) is 66.2 Å². The molecular weight excluding hydrogens is 357 g/mol. The Morgan fingerprint density at radius 1 is 0.893 bits per heavy atom. The Hall–Kier alpha value is -3.80. The van der Waals surface area contributed by atoms with Gasteiger partial charge in [0.05, 0.1) is 7.11 Å². The molecule has 0 aliphatic carbocycles. The van der Waals surface area contributed by atoms with Crippen LogP contribution in [0, 0.1) is 5.82 Å². The number of methoxy groups -OCH3 is 1. The van der Waals surface area contributed by atoms with E-state index in [9.17, 15) is 9.18 Å². The van der Waals surface area contributed by atoms with Crippen LogP contribution in [-0.2, 0) is 0 Å².